The highest BCUT2D eigenvalue weighted by Gasteiger charge is 2.19. The summed E-state index contributed by atoms with van der Waals surface area (Å²) < 4.78 is 0. The minimum atomic E-state index is -0.296. The highest BCUT2D eigenvalue weighted by molar-refractivity contribution is 6.30. The number of nitrogens with one attached hydrogen (secondary N) is 1. The van der Waals surface area contributed by atoms with Gasteiger partial charge in [0.05, 0.1) is 6.54 Å². The second-order valence-corrected chi connectivity index (χ2v) is 3.30. The largest absolute Gasteiger partial charge is 0.336 e. The van der Waals surface area contributed by atoms with Crippen LogP contribution in [0.15, 0.2) is 18.2 Å². The summed E-state index contributed by atoms with van der Waals surface area (Å²) in [6, 6.07) is 4.99. The number of hydrazine groups is 1. The zero-order valence-corrected chi connectivity index (χ0v) is 7.51. The molecule has 1 aromatic rings. The van der Waals surface area contributed by atoms with Crippen LogP contribution in [0.3, 0.4) is 0 Å². The first-order valence-corrected chi connectivity index (χ1v) is 4.16. The van der Waals surface area contributed by atoms with Crippen molar-refractivity contribution in [3.63, 3.8) is 0 Å². The van der Waals surface area contributed by atoms with Gasteiger partial charge < -0.3 is 5.32 Å². The second-order valence-electron chi connectivity index (χ2n) is 2.86. The van der Waals surface area contributed by atoms with Crippen LogP contribution in [0.5, 0.6) is 0 Å². The minimum absolute atomic E-state index is 0.296. The number of hydrogen-bond donors (Lipinski definition) is 2. The first kappa shape index (κ1) is 8.34. The Balaban J connectivity index is 2.42. The number of urea groups is 1. The molecule has 1 aromatic carbocycles. The number of hydrogen-bond acceptors (Lipinski definition) is 2. The number of nitrogens with zero attached hydrogens (tertiary/aromatic N) is 1. The Morgan fingerprint density at radius 1 is 1.54 bits per heavy atom. The fourth-order valence-electron chi connectivity index (χ4n) is 1.26. The molecule has 3 N–H and O–H groups in total. The van der Waals surface area contributed by atoms with Crippen LogP contribution in [0.2, 0.25) is 5.02 Å². The van der Waals surface area contributed by atoms with Crippen LogP contribution < -0.4 is 11.2 Å². The Kier molecular flexibility index (Phi) is 1.86. The van der Waals surface area contributed by atoms with Crippen LogP contribution in [0.4, 0.5) is 10.5 Å². The predicted octanol–water partition coefficient (Wildman–Crippen LogP) is 1.56. The molecule has 5 heteroatoms. The van der Waals surface area contributed by atoms with Crippen LogP contribution in [0.1, 0.15) is 5.56 Å². The van der Waals surface area contributed by atoms with Crippen molar-refractivity contribution in [3.8, 4) is 0 Å². The van der Waals surface area contributed by atoms with Gasteiger partial charge in [0.1, 0.15) is 0 Å². The quantitative estimate of drug-likeness (QED) is 0.490. The van der Waals surface area contributed by atoms with E-state index >= 15 is 0 Å². The highest BCUT2D eigenvalue weighted by Crippen LogP contribution is 2.24. The molecule has 1 aliphatic heterocycles. The van der Waals surface area contributed by atoms with Gasteiger partial charge in [-0.2, -0.15) is 0 Å². The van der Waals surface area contributed by atoms with Gasteiger partial charge >= 0.3 is 6.03 Å². The molecule has 0 aromatic heterocycles. The molecule has 0 spiro atoms. The molecule has 0 aliphatic carbocycles. The van der Waals surface area contributed by atoms with E-state index in [1.165, 1.54) is 0 Å². The Labute approximate surface area is 80.2 Å². The van der Waals surface area contributed by atoms with E-state index in [9.17, 15) is 4.79 Å². The molecular weight excluding hydrogens is 190 g/mol. The van der Waals surface area contributed by atoms with Gasteiger partial charge in [0.25, 0.3) is 0 Å². The maximum Gasteiger partial charge on any atom is 0.336 e. The lowest BCUT2D eigenvalue weighted by Crippen LogP contribution is -2.43. The van der Waals surface area contributed by atoms with Crippen LogP contribution in [-0.4, -0.2) is 11.0 Å². The molecule has 1 heterocycles. The number of amides is 2. The van der Waals surface area contributed by atoms with Gasteiger partial charge in [-0.05, 0) is 23.8 Å². The molecule has 0 radical (unpaired) electrons. The fraction of sp³-hybridized carbons (Fsp3) is 0.125. The molecule has 13 heavy (non-hydrogen) atoms. The molecule has 4 nitrogen and oxygen atoms in total. The van der Waals surface area contributed by atoms with E-state index in [4.69, 9.17) is 17.4 Å². The summed E-state index contributed by atoms with van der Waals surface area (Å²) in [6.07, 6.45) is 0. The molecule has 0 saturated carbocycles. The van der Waals surface area contributed by atoms with Crippen LogP contribution in [-0.2, 0) is 6.54 Å². The Hall–Kier alpha value is -1.26. The molecule has 2 rings (SSSR count). The molecule has 68 valence electrons. The zero-order valence-electron chi connectivity index (χ0n) is 6.75. The van der Waals surface area contributed by atoms with E-state index in [0.29, 0.717) is 11.6 Å². The zero-order chi connectivity index (χ0) is 9.42. The summed E-state index contributed by atoms with van der Waals surface area (Å²) in [5.74, 6) is 5.42. The third kappa shape index (κ3) is 1.46. The standard InChI is InChI=1S/C8H8ClN3O/c9-6-1-2-7-5(3-6)4-12(10)8(13)11-7/h1-3H,4,10H2,(H,11,13). The normalized spacial score (nSPS) is 15.2. The van der Waals surface area contributed by atoms with Crippen LogP contribution in [0.25, 0.3) is 0 Å². The SMILES string of the molecule is NN1Cc2cc(Cl)ccc2NC1=O. The topological polar surface area (TPSA) is 58.4 Å². The predicted molar refractivity (Wildman–Crippen MR) is 50.2 cm³/mol. The summed E-state index contributed by atoms with van der Waals surface area (Å²) in [4.78, 5) is 11.1. The molecule has 0 saturated heterocycles. The third-order valence-electron chi connectivity index (χ3n) is 1.91. The van der Waals surface area contributed by atoms with Crippen molar-refractivity contribution in [2.75, 3.05) is 5.32 Å². The lowest BCUT2D eigenvalue weighted by molar-refractivity contribution is 0.208. The first-order chi connectivity index (χ1) is 6.16. The molecular formula is C8H8ClN3O. The molecule has 0 unspecified atom stereocenters. The Morgan fingerprint density at radius 3 is 3.08 bits per heavy atom. The van der Waals surface area contributed by atoms with Crippen LogP contribution in [0, 0.1) is 0 Å². The average Bonchev–Trinajstić information content (AvgIpc) is 2.08. The van der Waals surface area contributed by atoms with Gasteiger partial charge in [0.2, 0.25) is 0 Å². The van der Waals surface area contributed by atoms with E-state index < -0.39 is 0 Å². The number of carbonyl (C=O) groups excluding carboxylic acids is 1. The first-order valence-electron chi connectivity index (χ1n) is 3.78. The van der Waals surface area contributed by atoms with E-state index in [1.54, 1.807) is 18.2 Å². The number of halogens is 1. The van der Waals surface area contributed by atoms with E-state index in [0.717, 1.165) is 16.3 Å². The number of anilines is 1. The van der Waals surface area contributed by atoms with Crippen molar-refractivity contribution in [2.24, 2.45) is 5.84 Å². The molecule has 0 atom stereocenters. The van der Waals surface area contributed by atoms with Gasteiger partial charge in [-0.15, -0.1) is 0 Å². The molecule has 0 fully saturated rings. The summed E-state index contributed by atoms with van der Waals surface area (Å²) in [7, 11) is 0. The average molecular weight is 198 g/mol. The van der Waals surface area contributed by atoms with Gasteiger partial charge in [-0.25, -0.2) is 10.6 Å². The van der Waals surface area contributed by atoms with Crippen LogP contribution >= 0.6 is 11.6 Å². The van der Waals surface area contributed by atoms with Gasteiger partial charge in [0, 0.05) is 10.7 Å². The van der Waals surface area contributed by atoms with Crippen molar-refractivity contribution in [1.29, 1.82) is 0 Å². The van der Waals surface area contributed by atoms with Gasteiger partial charge in [0.15, 0.2) is 0 Å². The maximum atomic E-state index is 11.1. The van der Waals surface area contributed by atoms with Crippen molar-refractivity contribution in [2.45, 2.75) is 6.54 Å². The molecule has 2 amide bonds. The number of fused-ring (bicyclic) bond motifs is 1. The van der Waals surface area contributed by atoms with Crippen molar-refractivity contribution in [1.82, 2.24) is 5.01 Å². The second kappa shape index (κ2) is 2.90. The molecule has 0 bridgehead atoms. The third-order valence-corrected chi connectivity index (χ3v) is 2.15. The minimum Gasteiger partial charge on any atom is -0.306 e. The fourth-order valence-corrected chi connectivity index (χ4v) is 1.45. The summed E-state index contributed by atoms with van der Waals surface area (Å²) in [5, 5.41) is 4.39. The number of benzene rings is 1. The van der Waals surface area contributed by atoms with Crippen molar-refractivity contribution < 1.29 is 4.79 Å². The van der Waals surface area contributed by atoms with Gasteiger partial charge in [-0.1, -0.05) is 11.6 Å². The smallest absolute Gasteiger partial charge is 0.306 e. The highest BCUT2D eigenvalue weighted by atomic mass is 35.5. The lowest BCUT2D eigenvalue weighted by atomic mass is 10.1. The number of nitrogens with two attached hydrogens (primary N) is 1. The molecule has 1 aliphatic rings. The summed E-state index contributed by atoms with van der Waals surface area (Å²) in [5.41, 5.74) is 1.70. The monoisotopic (exact) mass is 197 g/mol. The van der Waals surface area contributed by atoms with Gasteiger partial charge in [-0.3, -0.25) is 5.01 Å². The number of rotatable bonds is 0. The lowest BCUT2D eigenvalue weighted by Gasteiger charge is -2.25. The van der Waals surface area contributed by atoms with E-state index in [1.807, 2.05) is 0 Å². The van der Waals surface area contributed by atoms with Crippen molar-refractivity contribution in [3.05, 3.63) is 28.8 Å². The van der Waals surface area contributed by atoms with Crippen molar-refractivity contribution >= 4 is 23.3 Å². The summed E-state index contributed by atoms with van der Waals surface area (Å²) in [6.45, 7) is 0.391. The Morgan fingerprint density at radius 2 is 2.31 bits per heavy atom. The summed E-state index contributed by atoms with van der Waals surface area (Å²) >= 11 is 5.79. The van der Waals surface area contributed by atoms with E-state index in [2.05, 4.69) is 5.32 Å². The number of carbonyl (C=O) groups is 1. The Bertz CT molecular complexity index is 366. The van der Waals surface area contributed by atoms with E-state index in [-0.39, 0.29) is 6.03 Å². The maximum absolute atomic E-state index is 11.1.